The van der Waals surface area contributed by atoms with Crippen molar-refractivity contribution in [2.75, 3.05) is 10.6 Å². The summed E-state index contributed by atoms with van der Waals surface area (Å²) >= 11 is 0. The van der Waals surface area contributed by atoms with Crippen molar-refractivity contribution in [2.24, 2.45) is 0 Å². The third-order valence-electron chi connectivity index (χ3n) is 4.66. The number of nitrogens with zero attached hydrogens (tertiary/aromatic N) is 1. The second-order valence-electron chi connectivity index (χ2n) is 6.89. The molecule has 2 rings (SSSR count). The summed E-state index contributed by atoms with van der Waals surface area (Å²) in [6, 6.07) is 15.3. The molecule has 2 atom stereocenters. The van der Waals surface area contributed by atoms with Crippen LogP contribution in [0.15, 0.2) is 48.5 Å². The van der Waals surface area contributed by atoms with E-state index in [1.54, 1.807) is 6.07 Å². The molecule has 30 heavy (non-hydrogen) atoms. The molecule has 2 aromatic carbocycles. The molecule has 0 aliphatic carbocycles. The minimum Gasteiger partial charge on any atom is -0.449 e. The molecule has 0 aromatic heterocycles. The first kappa shape index (κ1) is 22.6. The van der Waals surface area contributed by atoms with E-state index in [0.29, 0.717) is 11.4 Å². The molecule has 0 heterocycles. The lowest BCUT2D eigenvalue weighted by Crippen LogP contribution is -2.30. The molecule has 0 bridgehead atoms. The van der Waals surface area contributed by atoms with Crippen LogP contribution in [-0.2, 0) is 14.3 Å². The molecule has 0 saturated carbocycles. The number of nitrogens with one attached hydrogen (secondary N) is 2. The van der Waals surface area contributed by atoms with Crippen LogP contribution in [-0.4, -0.2) is 23.9 Å². The number of ether oxygens (including phenoxy) is 1. The van der Waals surface area contributed by atoms with Crippen molar-refractivity contribution in [2.45, 2.75) is 45.6 Å². The van der Waals surface area contributed by atoms with Crippen LogP contribution in [0, 0.1) is 11.3 Å². The third kappa shape index (κ3) is 6.17. The van der Waals surface area contributed by atoms with E-state index < -0.39 is 23.9 Å². The van der Waals surface area contributed by atoms with Crippen molar-refractivity contribution < 1.29 is 19.1 Å². The predicted molar refractivity (Wildman–Crippen MR) is 114 cm³/mol. The van der Waals surface area contributed by atoms with Crippen molar-refractivity contribution in [3.8, 4) is 6.07 Å². The Hall–Kier alpha value is -3.66. The van der Waals surface area contributed by atoms with Crippen molar-refractivity contribution in [3.05, 3.63) is 59.7 Å². The van der Waals surface area contributed by atoms with E-state index in [1.165, 1.54) is 31.2 Å². The summed E-state index contributed by atoms with van der Waals surface area (Å²) in [6.07, 6.45) is -0.307. The zero-order valence-electron chi connectivity index (χ0n) is 17.3. The fraction of sp³-hybridized carbons (Fsp3) is 0.304. The lowest BCUT2D eigenvalue weighted by molar-refractivity contribution is -0.123. The molecule has 0 unspecified atom stereocenters. The normalized spacial score (nSPS) is 12.2. The molecule has 0 spiro atoms. The highest BCUT2D eigenvalue weighted by molar-refractivity contribution is 5.98. The summed E-state index contributed by atoms with van der Waals surface area (Å²) in [5.74, 6) is -1.22. The summed E-state index contributed by atoms with van der Waals surface area (Å²) in [5, 5.41) is 13.9. The highest BCUT2D eigenvalue weighted by atomic mass is 16.5. The van der Waals surface area contributed by atoms with Gasteiger partial charge in [0.1, 0.15) is 6.42 Å². The molecule has 156 valence electrons. The molecule has 0 fully saturated rings. The Morgan fingerprint density at radius 1 is 1.03 bits per heavy atom. The quantitative estimate of drug-likeness (QED) is 0.637. The van der Waals surface area contributed by atoms with Crippen LogP contribution in [0.5, 0.6) is 0 Å². The molecule has 7 nitrogen and oxygen atoms in total. The number of nitriles is 1. The highest BCUT2D eigenvalue weighted by Crippen LogP contribution is 2.26. The maximum atomic E-state index is 12.5. The number of esters is 1. The van der Waals surface area contributed by atoms with E-state index >= 15 is 0 Å². The fourth-order valence-electron chi connectivity index (χ4n) is 2.74. The van der Waals surface area contributed by atoms with E-state index in [4.69, 9.17) is 10.00 Å². The monoisotopic (exact) mass is 407 g/mol. The lowest BCUT2D eigenvalue weighted by Gasteiger charge is -2.18. The van der Waals surface area contributed by atoms with Crippen LogP contribution in [0.2, 0.25) is 0 Å². The summed E-state index contributed by atoms with van der Waals surface area (Å²) in [5.41, 5.74) is 2.44. The molecule has 2 N–H and O–H groups in total. The zero-order chi connectivity index (χ0) is 22.1. The number of rotatable bonds is 8. The number of benzene rings is 2. The van der Waals surface area contributed by atoms with Gasteiger partial charge < -0.3 is 15.4 Å². The molecular formula is C23H25N3O4. The van der Waals surface area contributed by atoms with Gasteiger partial charge in [-0.05, 0) is 55.2 Å². The number of hydrogen-bond acceptors (Lipinski definition) is 5. The Labute approximate surface area is 176 Å². The van der Waals surface area contributed by atoms with Crippen molar-refractivity contribution >= 4 is 29.2 Å². The van der Waals surface area contributed by atoms with Crippen molar-refractivity contribution in [1.82, 2.24) is 0 Å². The van der Waals surface area contributed by atoms with Gasteiger partial charge in [-0.1, -0.05) is 32.0 Å². The maximum Gasteiger partial charge on any atom is 0.338 e. The Balaban J connectivity index is 1.98. The number of anilines is 2. The summed E-state index contributed by atoms with van der Waals surface area (Å²) in [4.78, 5) is 36.3. The average Bonchev–Trinajstić information content (AvgIpc) is 2.74. The SMILES string of the molecule is CC[C@H](C)c1ccccc1NC(=O)[C@@H](C)OC(=O)c1ccc(NC(=O)CC#N)cc1. The Kier molecular flexibility index (Phi) is 8.12. The van der Waals surface area contributed by atoms with E-state index in [9.17, 15) is 14.4 Å². The minimum atomic E-state index is -0.988. The summed E-state index contributed by atoms with van der Waals surface area (Å²) < 4.78 is 5.28. The first-order valence-electron chi connectivity index (χ1n) is 9.73. The van der Waals surface area contributed by atoms with Crippen LogP contribution < -0.4 is 10.6 Å². The van der Waals surface area contributed by atoms with Gasteiger partial charge in [-0.2, -0.15) is 5.26 Å². The Morgan fingerprint density at radius 2 is 1.70 bits per heavy atom. The molecule has 2 aromatic rings. The molecule has 2 amide bonds. The Bertz CT molecular complexity index is 948. The van der Waals surface area contributed by atoms with E-state index in [0.717, 1.165) is 12.0 Å². The number of carbonyl (C=O) groups excluding carboxylic acids is 3. The van der Waals surface area contributed by atoms with Gasteiger partial charge in [0.15, 0.2) is 6.10 Å². The molecule has 0 saturated heterocycles. The number of para-hydroxylation sites is 1. The maximum absolute atomic E-state index is 12.5. The largest absolute Gasteiger partial charge is 0.449 e. The van der Waals surface area contributed by atoms with Crippen LogP contribution in [0.3, 0.4) is 0 Å². The third-order valence-corrected chi connectivity index (χ3v) is 4.66. The van der Waals surface area contributed by atoms with Gasteiger partial charge in [0.2, 0.25) is 5.91 Å². The van der Waals surface area contributed by atoms with Gasteiger partial charge in [0.25, 0.3) is 5.91 Å². The van der Waals surface area contributed by atoms with Gasteiger partial charge >= 0.3 is 5.97 Å². The van der Waals surface area contributed by atoms with Gasteiger partial charge in [-0.3, -0.25) is 9.59 Å². The van der Waals surface area contributed by atoms with E-state index in [2.05, 4.69) is 24.5 Å². The highest BCUT2D eigenvalue weighted by Gasteiger charge is 2.20. The minimum absolute atomic E-state index is 0.243. The number of amides is 2. The van der Waals surface area contributed by atoms with E-state index in [-0.39, 0.29) is 17.9 Å². The average molecular weight is 407 g/mol. The second kappa shape index (κ2) is 10.8. The van der Waals surface area contributed by atoms with Crippen LogP contribution in [0.25, 0.3) is 0 Å². The first-order chi connectivity index (χ1) is 14.3. The van der Waals surface area contributed by atoms with Gasteiger partial charge in [-0.25, -0.2) is 4.79 Å². The van der Waals surface area contributed by atoms with E-state index in [1.807, 2.05) is 24.3 Å². The zero-order valence-corrected chi connectivity index (χ0v) is 17.3. The number of carbonyl (C=O) groups is 3. The molecular weight excluding hydrogens is 382 g/mol. The predicted octanol–water partition coefficient (Wildman–Crippen LogP) is 4.24. The van der Waals surface area contributed by atoms with Crippen molar-refractivity contribution in [3.63, 3.8) is 0 Å². The topological polar surface area (TPSA) is 108 Å². The second-order valence-corrected chi connectivity index (χ2v) is 6.89. The van der Waals surface area contributed by atoms with Crippen LogP contribution in [0.4, 0.5) is 11.4 Å². The smallest absolute Gasteiger partial charge is 0.338 e. The van der Waals surface area contributed by atoms with Gasteiger partial charge in [0, 0.05) is 11.4 Å². The summed E-state index contributed by atoms with van der Waals surface area (Å²) in [7, 11) is 0. The Morgan fingerprint density at radius 3 is 2.33 bits per heavy atom. The molecule has 0 aliphatic heterocycles. The first-order valence-corrected chi connectivity index (χ1v) is 9.73. The van der Waals surface area contributed by atoms with Gasteiger partial charge in [-0.15, -0.1) is 0 Å². The van der Waals surface area contributed by atoms with Crippen LogP contribution >= 0.6 is 0 Å². The van der Waals surface area contributed by atoms with Crippen LogP contribution in [0.1, 0.15) is 55.5 Å². The molecule has 0 aliphatic rings. The summed E-state index contributed by atoms with van der Waals surface area (Å²) in [6.45, 7) is 5.67. The standard InChI is InChI=1S/C23H25N3O4/c1-4-15(2)19-7-5-6-8-20(19)26-22(28)16(3)30-23(29)17-9-11-18(12-10-17)25-21(27)13-14-24/h5-12,15-16H,4,13H2,1-3H3,(H,25,27)(H,26,28)/t15-,16+/m0/s1. The molecule has 0 radical (unpaired) electrons. The molecule has 7 heteroatoms. The van der Waals surface area contributed by atoms with Gasteiger partial charge in [0.05, 0.1) is 11.6 Å². The lowest BCUT2D eigenvalue weighted by atomic mass is 9.97. The van der Waals surface area contributed by atoms with Crippen molar-refractivity contribution in [1.29, 1.82) is 5.26 Å². The number of hydrogen-bond donors (Lipinski definition) is 2. The fourth-order valence-corrected chi connectivity index (χ4v) is 2.74.